The van der Waals surface area contributed by atoms with Gasteiger partial charge >= 0.3 is 0 Å². The van der Waals surface area contributed by atoms with Gasteiger partial charge < -0.3 is 5.73 Å². The SMILES string of the molecule is NCCCc1ccc(F)cc1Cl. The van der Waals surface area contributed by atoms with Gasteiger partial charge in [-0.25, -0.2) is 4.39 Å². The Balaban J connectivity index is 2.72. The molecule has 0 aliphatic rings. The van der Waals surface area contributed by atoms with Crippen molar-refractivity contribution in [2.45, 2.75) is 12.8 Å². The maximum absolute atomic E-state index is 12.6. The summed E-state index contributed by atoms with van der Waals surface area (Å²) in [5.74, 6) is -0.295. The van der Waals surface area contributed by atoms with E-state index in [0.29, 0.717) is 11.6 Å². The van der Waals surface area contributed by atoms with Crippen LogP contribution in [-0.2, 0) is 6.42 Å². The van der Waals surface area contributed by atoms with Crippen molar-refractivity contribution in [1.29, 1.82) is 0 Å². The zero-order chi connectivity index (χ0) is 8.97. The molecule has 0 heterocycles. The van der Waals surface area contributed by atoms with E-state index in [2.05, 4.69) is 0 Å². The molecule has 0 spiro atoms. The first kappa shape index (κ1) is 9.49. The second-order valence-electron chi connectivity index (χ2n) is 2.63. The Kier molecular flexibility index (Phi) is 3.50. The van der Waals surface area contributed by atoms with E-state index < -0.39 is 0 Å². The second-order valence-corrected chi connectivity index (χ2v) is 3.04. The van der Waals surface area contributed by atoms with Gasteiger partial charge in [-0.05, 0) is 37.1 Å². The lowest BCUT2D eigenvalue weighted by molar-refractivity contribution is 0.627. The molecule has 0 atom stereocenters. The van der Waals surface area contributed by atoms with Gasteiger partial charge in [0.2, 0.25) is 0 Å². The third kappa shape index (κ3) is 2.47. The molecule has 1 aromatic rings. The highest BCUT2D eigenvalue weighted by Crippen LogP contribution is 2.18. The summed E-state index contributed by atoms with van der Waals surface area (Å²) in [6.07, 6.45) is 1.70. The molecule has 0 bridgehead atoms. The molecule has 0 fully saturated rings. The first-order valence-corrected chi connectivity index (χ1v) is 4.26. The van der Waals surface area contributed by atoms with Crippen LogP contribution in [0.15, 0.2) is 18.2 Å². The van der Waals surface area contributed by atoms with Crippen LogP contribution < -0.4 is 5.73 Å². The number of halogens is 2. The van der Waals surface area contributed by atoms with E-state index in [1.54, 1.807) is 6.07 Å². The average Bonchev–Trinajstić information content (AvgIpc) is 2.03. The standard InChI is InChI=1S/C9H11ClFN/c10-9-6-8(11)4-3-7(9)2-1-5-12/h3-4,6H,1-2,5,12H2. The minimum Gasteiger partial charge on any atom is -0.330 e. The van der Waals surface area contributed by atoms with E-state index >= 15 is 0 Å². The lowest BCUT2D eigenvalue weighted by Crippen LogP contribution is -2.00. The van der Waals surface area contributed by atoms with Crippen molar-refractivity contribution in [3.63, 3.8) is 0 Å². The van der Waals surface area contributed by atoms with E-state index in [9.17, 15) is 4.39 Å². The molecular weight excluding hydrogens is 177 g/mol. The van der Waals surface area contributed by atoms with Gasteiger partial charge in [0.05, 0.1) is 0 Å². The van der Waals surface area contributed by atoms with Gasteiger partial charge in [0.25, 0.3) is 0 Å². The van der Waals surface area contributed by atoms with Crippen LogP contribution in [0.25, 0.3) is 0 Å². The maximum atomic E-state index is 12.6. The van der Waals surface area contributed by atoms with Crippen LogP contribution in [-0.4, -0.2) is 6.54 Å². The fraction of sp³-hybridized carbons (Fsp3) is 0.333. The van der Waals surface area contributed by atoms with Crippen LogP contribution in [0.5, 0.6) is 0 Å². The summed E-state index contributed by atoms with van der Waals surface area (Å²) in [4.78, 5) is 0. The smallest absolute Gasteiger partial charge is 0.124 e. The maximum Gasteiger partial charge on any atom is 0.124 e. The quantitative estimate of drug-likeness (QED) is 0.773. The molecule has 1 nitrogen and oxygen atoms in total. The van der Waals surface area contributed by atoms with E-state index in [-0.39, 0.29) is 5.82 Å². The first-order valence-electron chi connectivity index (χ1n) is 3.88. The molecule has 0 aromatic heterocycles. The van der Waals surface area contributed by atoms with Crippen molar-refractivity contribution in [3.8, 4) is 0 Å². The van der Waals surface area contributed by atoms with E-state index in [0.717, 1.165) is 18.4 Å². The zero-order valence-electron chi connectivity index (χ0n) is 6.69. The Labute approximate surface area is 76.3 Å². The van der Waals surface area contributed by atoms with Gasteiger partial charge in [-0.2, -0.15) is 0 Å². The van der Waals surface area contributed by atoms with Gasteiger partial charge in [0, 0.05) is 5.02 Å². The Morgan fingerprint density at radius 3 is 2.75 bits per heavy atom. The van der Waals surface area contributed by atoms with Crippen molar-refractivity contribution in [1.82, 2.24) is 0 Å². The van der Waals surface area contributed by atoms with E-state index in [1.807, 2.05) is 0 Å². The normalized spacial score (nSPS) is 10.2. The van der Waals surface area contributed by atoms with Crippen LogP contribution in [0.1, 0.15) is 12.0 Å². The molecule has 1 aromatic carbocycles. The van der Waals surface area contributed by atoms with Crippen LogP contribution in [0.4, 0.5) is 4.39 Å². The molecule has 0 radical (unpaired) electrons. The van der Waals surface area contributed by atoms with Crippen molar-refractivity contribution in [2.75, 3.05) is 6.54 Å². The number of rotatable bonds is 3. The van der Waals surface area contributed by atoms with E-state index in [1.165, 1.54) is 12.1 Å². The molecule has 0 saturated heterocycles. The summed E-state index contributed by atoms with van der Waals surface area (Å²) in [5, 5.41) is 0.489. The van der Waals surface area contributed by atoms with Gasteiger partial charge in [-0.15, -0.1) is 0 Å². The highest BCUT2D eigenvalue weighted by molar-refractivity contribution is 6.31. The number of hydrogen-bond donors (Lipinski definition) is 1. The van der Waals surface area contributed by atoms with Crippen molar-refractivity contribution < 1.29 is 4.39 Å². The molecule has 12 heavy (non-hydrogen) atoms. The summed E-state index contributed by atoms with van der Waals surface area (Å²) >= 11 is 5.78. The van der Waals surface area contributed by atoms with Crippen molar-refractivity contribution in [2.24, 2.45) is 5.73 Å². The fourth-order valence-corrected chi connectivity index (χ4v) is 1.28. The summed E-state index contributed by atoms with van der Waals surface area (Å²) in [5.41, 5.74) is 6.30. The van der Waals surface area contributed by atoms with Crippen molar-refractivity contribution in [3.05, 3.63) is 34.6 Å². The molecule has 0 amide bonds. The Morgan fingerprint density at radius 2 is 2.17 bits per heavy atom. The molecule has 0 unspecified atom stereocenters. The fourth-order valence-electron chi connectivity index (χ4n) is 1.02. The predicted octanol–water partition coefficient (Wildman–Crippen LogP) is 2.37. The Hall–Kier alpha value is -0.600. The van der Waals surface area contributed by atoms with E-state index in [4.69, 9.17) is 17.3 Å². The number of nitrogens with two attached hydrogens (primary N) is 1. The third-order valence-corrected chi connectivity index (χ3v) is 2.02. The highest BCUT2D eigenvalue weighted by Gasteiger charge is 2.00. The molecule has 3 heteroatoms. The second kappa shape index (κ2) is 4.43. The summed E-state index contributed by atoms with van der Waals surface area (Å²) in [6, 6.07) is 4.44. The summed E-state index contributed by atoms with van der Waals surface area (Å²) < 4.78 is 12.6. The monoisotopic (exact) mass is 187 g/mol. The Bertz CT molecular complexity index is 263. The largest absolute Gasteiger partial charge is 0.330 e. The number of hydrogen-bond acceptors (Lipinski definition) is 1. The Morgan fingerprint density at radius 1 is 1.42 bits per heavy atom. The van der Waals surface area contributed by atoms with Gasteiger partial charge in [0.15, 0.2) is 0 Å². The van der Waals surface area contributed by atoms with Crippen molar-refractivity contribution >= 4 is 11.6 Å². The van der Waals surface area contributed by atoms with Crippen LogP contribution >= 0.6 is 11.6 Å². The van der Waals surface area contributed by atoms with Crippen LogP contribution in [0, 0.1) is 5.82 Å². The predicted molar refractivity (Wildman–Crippen MR) is 48.8 cm³/mol. The van der Waals surface area contributed by atoms with Crippen LogP contribution in [0.2, 0.25) is 5.02 Å². The lowest BCUT2D eigenvalue weighted by Gasteiger charge is -2.02. The van der Waals surface area contributed by atoms with Gasteiger partial charge in [0.1, 0.15) is 5.82 Å². The molecule has 0 saturated carbocycles. The summed E-state index contributed by atoms with van der Waals surface area (Å²) in [7, 11) is 0. The molecule has 2 N–H and O–H groups in total. The molecular formula is C9H11ClFN. The summed E-state index contributed by atoms with van der Waals surface area (Å²) in [6.45, 7) is 0.633. The highest BCUT2D eigenvalue weighted by atomic mass is 35.5. The van der Waals surface area contributed by atoms with Gasteiger partial charge in [-0.1, -0.05) is 17.7 Å². The zero-order valence-corrected chi connectivity index (χ0v) is 7.44. The van der Waals surface area contributed by atoms with Crippen LogP contribution in [0.3, 0.4) is 0 Å². The lowest BCUT2D eigenvalue weighted by atomic mass is 10.1. The van der Waals surface area contributed by atoms with Gasteiger partial charge in [-0.3, -0.25) is 0 Å². The first-order chi connectivity index (χ1) is 5.74. The average molecular weight is 188 g/mol. The molecule has 1 rings (SSSR count). The molecule has 66 valence electrons. The number of aryl methyl sites for hydroxylation is 1. The number of benzene rings is 1. The topological polar surface area (TPSA) is 26.0 Å². The molecule has 0 aliphatic carbocycles. The minimum atomic E-state index is -0.295. The molecule has 0 aliphatic heterocycles. The minimum absolute atomic E-state index is 0.295. The third-order valence-electron chi connectivity index (χ3n) is 1.67.